The summed E-state index contributed by atoms with van der Waals surface area (Å²) >= 11 is 5.30. The summed E-state index contributed by atoms with van der Waals surface area (Å²) in [6.45, 7) is 0.746. The first-order valence-corrected chi connectivity index (χ1v) is 8.56. The summed E-state index contributed by atoms with van der Waals surface area (Å²) < 4.78 is 6.86. The van der Waals surface area contributed by atoms with Gasteiger partial charge in [0.25, 0.3) is 0 Å². The number of thioether (sulfide) groups is 1. The highest BCUT2D eigenvalue weighted by molar-refractivity contribution is 9.10. The molecular weight excluding hydrogens is 334 g/mol. The second kappa shape index (κ2) is 5.80. The van der Waals surface area contributed by atoms with E-state index in [2.05, 4.69) is 46.5 Å². The summed E-state index contributed by atoms with van der Waals surface area (Å²) in [5.74, 6) is 0.969. The Morgan fingerprint density at radius 2 is 2.05 bits per heavy atom. The van der Waals surface area contributed by atoms with Gasteiger partial charge in [0.15, 0.2) is 0 Å². The van der Waals surface area contributed by atoms with Gasteiger partial charge in [-0.2, -0.15) is 0 Å². The molecule has 2 N–H and O–H groups in total. The molecule has 1 aliphatic heterocycles. The van der Waals surface area contributed by atoms with E-state index in [0.29, 0.717) is 0 Å². The highest BCUT2D eigenvalue weighted by Gasteiger charge is 2.23. The van der Waals surface area contributed by atoms with Crippen LogP contribution in [0.4, 0.5) is 0 Å². The summed E-state index contributed by atoms with van der Waals surface area (Å²) in [5, 5.41) is 0. The molecule has 2 aromatic carbocycles. The van der Waals surface area contributed by atoms with Gasteiger partial charge < -0.3 is 10.5 Å². The molecule has 1 heterocycles. The molecule has 0 radical (unpaired) electrons. The van der Waals surface area contributed by atoms with Crippen LogP contribution in [0.25, 0.3) is 0 Å². The number of nitrogens with two attached hydrogens (primary N) is 1. The average molecular weight is 350 g/mol. The highest BCUT2D eigenvalue weighted by Crippen LogP contribution is 2.39. The molecule has 0 amide bonds. The Labute approximate surface area is 131 Å². The lowest BCUT2D eigenvalue weighted by Crippen LogP contribution is -2.14. The molecule has 2 nitrogen and oxygen atoms in total. The molecule has 4 heteroatoms. The van der Waals surface area contributed by atoms with Gasteiger partial charge in [-0.25, -0.2) is 0 Å². The van der Waals surface area contributed by atoms with Gasteiger partial charge in [0.2, 0.25) is 0 Å². The number of ether oxygens (including phenoxy) is 1. The fourth-order valence-electron chi connectivity index (χ4n) is 2.62. The van der Waals surface area contributed by atoms with Crippen molar-refractivity contribution in [1.29, 1.82) is 0 Å². The van der Waals surface area contributed by atoms with Crippen LogP contribution in [-0.2, 0) is 6.42 Å². The predicted octanol–water partition coefficient (Wildman–Crippen LogP) is 4.15. The Hall–Kier alpha value is -0.970. The molecule has 0 aromatic heterocycles. The molecule has 0 bridgehead atoms. The number of benzene rings is 2. The van der Waals surface area contributed by atoms with Crippen molar-refractivity contribution in [3.05, 3.63) is 57.6 Å². The molecule has 0 aliphatic carbocycles. The van der Waals surface area contributed by atoms with Crippen LogP contribution in [0.2, 0.25) is 0 Å². The minimum atomic E-state index is -0.164. The summed E-state index contributed by atoms with van der Waals surface area (Å²) in [4.78, 5) is 1.21. The maximum absolute atomic E-state index is 6.52. The quantitative estimate of drug-likeness (QED) is 0.845. The number of fused-ring (bicyclic) bond motifs is 1. The third-order valence-electron chi connectivity index (χ3n) is 3.59. The van der Waals surface area contributed by atoms with Crippen LogP contribution in [0.1, 0.15) is 22.7 Å². The topological polar surface area (TPSA) is 35.2 Å². The van der Waals surface area contributed by atoms with Crippen LogP contribution >= 0.6 is 27.7 Å². The Morgan fingerprint density at radius 1 is 1.25 bits per heavy atom. The average Bonchev–Trinajstić information content (AvgIpc) is 2.93. The zero-order chi connectivity index (χ0) is 14.1. The SMILES string of the molecule is CSc1ccccc1C(N)c1cc(Br)cc2c1OCC2. The summed E-state index contributed by atoms with van der Waals surface area (Å²) in [5.41, 5.74) is 9.97. The molecule has 1 atom stereocenters. The first-order chi connectivity index (χ1) is 9.70. The van der Waals surface area contributed by atoms with Crippen molar-refractivity contribution in [3.63, 3.8) is 0 Å². The highest BCUT2D eigenvalue weighted by atomic mass is 79.9. The molecule has 3 rings (SSSR count). The van der Waals surface area contributed by atoms with Gasteiger partial charge in [-0.05, 0) is 35.6 Å². The number of halogens is 1. The maximum atomic E-state index is 6.52. The normalized spacial score (nSPS) is 14.8. The largest absolute Gasteiger partial charge is 0.493 e. The van der Waals surface area contributed by atoms with E-state index in [9.17, 15) is 0 Å². The molecule has 104 valence electrons. The fourth-order valence-corrected chi connectivity index (χ4v) is 3.79. The Bertz CT molecular complexity index is 644. The van der Waals surface area contributed by atoms with Crippen LogP contribution in [0.3, 0.4) is 0 Å². The van der Waals surface area contributed by atoms with Gasteiger partial charge in [0, 0.05) is 21.4 Å². The van der Waals surface area contributed by atoms with Gasteiger partial charge in [-0.15, -0.1) is 11.8 Å². The number of rotatable bonds is 3. The van der Waals surface area contributed by atoms with E-state index in [-0.39, 0.29) is 6.04 Å². The van der Waals surface area contributed by atoms with Crippen LogP contribution in [0.15, 0.2) is 45.8 Å². The first kappa shape index (κ1) is 14.0. The molecular formula is C16H16BrNOS. The zero-order valence-corrected chi connectivity index (χ0v) is 13.6. The number of hydrogen-bond donors (Lipinski definition) is 1. The second-order valence-electron chi connectivity index (χ2n) is 4.80. The Kier molecular flexibility index (Phi) is 4.06. The van der Waals surface area contributed by atoms with Crippen LogP contribution in [0.5, 0.6) is 5.75 Å². The minimum absolute atomic E-state index is 0.164. The van der Waals surface area contributed by atoms with Crippen molar-refractivity contribution in [2.24, 2.45) is 5.73 Å². The standard InChI is InChI=1S/C16H16BrNOS/c1-20-14-5-3-2-4-12(14)15(18)13-9-11(17)8-10-6-7-19-16(10)13/h2-5,8-9,15H,6-7,18H2,1H3. The van der Waals surface area contributed by atoms with E-state index in [1.54, 1.807) is 11.8 Å². The van der Waals surface area contributed by atoms with Crippen molar-refractivity contribution in [2.75, 3.05) is 12.9 Å². The molecule has 1 aliphatic rings. The van der Waals surface area contributed by atoms with Gasteiger partial charge in [-0.1, -0.05) is 34.1 Å². The van der Waals surface area contributed by atoms with Crippen molar-refractivity contribution in [1.82, 2.24) is 0 Å². The molecule has 0 saturated heterocycles. The van der Waals surface area contributed by atoms with Crippen molar-refractivity contribution in [2.45, 2.75) is 17.4 Å². The van der Waals surface area contributed by atoms with Crippen LogP contribution in [0, 0.1) is 0 Å². The van der Waals surface area contributed by atoms with E-state index in [0.717, 1.165) is 34.4 Å². The third kappa shape index (κ3) is 2.48. The summed E-state index contributed by atoms with van der Waals surface area (Å²) in [6.07, 6.45) is 3.03. The zero-order valence-electron chi connectivity index (χ0n) is 11.2. The second-order valence-corrected chi connectivity index (χ2v) is 6.57. The molecule has 1 unspecified atom stereocenters. The lowest BCUT2D eigenvalue weighted by atomic mass is 9.96. The van der Waals surface area contributed by atoms with E-state index in [4.69, 9.17) is 10.5 Å². The van der Waals surface area contributed by atoms with E-state index in [1.807, 2.05) is 12.1 Å². The first-order valence-electron chi connectivity index (χ1n) is 6.54. The van der Waals surface area contributed by atoms with Crippen LogP contribution < -0.4 is 10.5 Å². The Balaban J connectivity index is 2.09. The smallest absolute Gasteiger partial charge is 0.127 e. The molecule has 20 heavy (non-hydrogen) atoms. The van der Waals surface area contributed by atoms with Gasteiger partial charge >= 0.3 is 0 Å². The fraction of sp³-hybridized carbons (Fsp3) is 0.250. The van der Waals surface area contributed by atoms with Crippen molar-refractivity contribution >= 4 is 27.7 Å². The van der Waals surface area contributed by atoms with Crippen LogP contribution in [-0.4, -0.2) is 12.9 Å². The van der Waals surface area contributed by atoms with Gasteiger partial charge in [0.1, 0.15) is 5.75 Å². The summed E-state index contributed by atoms with van der Waals surface area (Å²) in [7, 11) is 0. The van der Waals surface area contributed by atoms with E-state index in [1.165, 1.54) is 10.5 Å². The summed E-state index contributed by atoms with van der Waals surface area (Å²) in [6, 6.07) is 12.3. The van der Waals surface area contributed by atoms with E-state index >= 15 is 0 Å². The Morgan fingerprint density at radius 3 is 2.85 bits per heavy atom. The molecule has 2 aromatic rings. The van der Waals surface area contributed by atoms with Crippen molar-refractivity contribution < 1.29 is 4.74 Å². The van der Waals surface area contributed by atoms with Gasteiger partial charge in [0.05, 0.1) is 12.6 Å². The molecule has 0 saturated carbocycles. The predicted molar refractivity (Wildman–Crippen MR) is 87.6 cm³/mol. The molecule has 0 spiro atoms. The minimum Gasteiger partial charge on any atom is -0.493 e. The monoisotopic (exact) mass is 349 g/mol. The third-order valence-corrected chi connectivity index (χ3v) is 4.86. The maximum Gasteiger partial charge on any atom is 0.127 e. The van der Waals surface area contributed by atoms with E-state index < -0.39 is 0 Å². The lowest BCUT2D eigenvalue weighted by Gasteiger charge is -2.19. The lowest BCUT2D eigenvalue weighted by molar-refractivity contribution is 0.352. The number of hydrogen-bond acceptors (Lipinski definition) is 3. The van der Waals surface area contributed by atoms with Crippen molar-refractivity contribution in [3.8, 4) is 5.75 Å². The molecule has 0 fully saturated rings. The van der Waals surface area contributed by atoms with Gasteiger partial charge in [-0.3, -0.25) is 0 Å².